The third kappa shape index (κ3) is 7.21. The van der Waals surface area contributed by atoms with Gasteiger partial charge >= 0.3 is 17.9 Å². The number of ether oxygens (including phenoxy) is 1. The molecule has 0 bridgehead atoms. The molecule has 6 aliphatic rings. The summed E-state index contributed by atoms with van der Waals surface area (Å²) < 4.78 is 6.35. The second-order valence-corrected chi connectivity index (χ2v) is 21.3. The lowest BCUT2D eigenvalue weighted by Gasteiger charge is -2.72. The number of carbonyl (C=O) groups excluding carboxylic acids is 1. The molecular formula is C45H75NO11. The van der Waals surface area contributed by atoms with Crippen LogP contribution in [0.4, 0.5) is 0 Å². The van der Waals surface area contributed by atoms with Crippen molar-refractivity contribution in [2.75, 3.05) is 20.2 Å². The van der Waals surface area contributed by atoms with E-state index in [1.54, 1.807) is 7.05 Å². The highest BCUT2D eigenvalue weighted by molar-refractivity contribution is 5.81. The Morgan fingerprint density at radius 1 is 0.754 bits per heavy atom. The SMILES string of the molecule is C=C(C)[C@@H]1CC[C@]2(C(=O)O)CC[C@]3(C)C(CCC4[C@@]5(C)CC[C@H](OC(=O)[C@@H]6C[C@H](C(=O)O)C6(C)C)C(C)(C)C5CC[C@]43C)C12.CNC[C@H](O)[C@@H](O)[C@H](O)[C@H](O)CO. The molecule has 0 radical (unpaired) electrons. The summed E-state index contributed by atoms with van der Waals surface area (Å²) in [6, 6.07) is 0. The van der Waals surface area contributed by atoms with Gasteiger partial charge in [0.1, 0.15) is 24.4 Å². The molecule has 0 aromatic heterocycles. The average molecular weight is 806 g/mol. The molecule has 4 unspecified atom stereocenters. The zero-order valence-corrected chi connectivity index (χ0v) is 36.1. The standard InChI is InChI=1S/C38H58O6.C7H17NO5/c1-21(2)22-12-17-38(32(42)43)19-18-36(8)23(29(22)38)10-11-27-35(7)15-14-28(34(5,6)26(35)13-16-37(27,36)9)44-31(41)25-20-24(30(39)40)33(25,3)4;1-8-2-4(10)6(12)7(13)5(11)3-9/h22-29H,1,10-20H2,2-9H3,(H,39,40)(H,42,43);4-13H,2-3H2,1H3/t22-,23?,24+,25-,26?,27?,28-,29?,35-,36+,37+,38-;4-,5+,6+,7+/m00/s1. The monoisotopic (exact) mass is 806 g/mol. The van der Waals surface area contributed by atoms with Crippen molar-refractivity contribution in [3.05, 3.63) is 12.2 Å². The molecule has 6 aliphatic carbocycles. The van der Waals surface area contributed by atoms with Crippen molar-refractivity contribution in [3.63, 3.8) is 0 Å². The van der Waals surface area contributed by atoms with E-state index in [0.29, 0.717) is 30.1 Å². The Morgan fingerprint density at radius 2 is 1.39 bits per heavy atom. The van der Waals surface area contributed by atoms with Gasteiger partial charge in [-0.25, -0.2) is 0 Å². The van der Waals surface area contributed by atoms with Crippen LogP contribution in [0.1, 0.15) is 126 Å². The first-order valence-corrected chi connectivity index (χ1v) is 21.6. The number of carboxylic acids is 2. The van der Waals surface area contributed by atoms with E-state index in [2.05, 4.69) is 53.4 Å². The van der Waals surface area contributed by atoms with Crippen molar-refractivity contribution in [2.45, 2.75) is 157 Å². The van der Waals surface area contributed by atoms with Crippen molar-refractivity contribution in [1.82, 2.24) is 5.32 Å². The second kappa shape index (κ2) is 16.1. The van der Waals surface area contributed by atoms with E-state index in [1.807, 2.05) is 13.8 Å². The van der Waals surface area contributed by atoms with Gasteiger partial charge in [-0.2, -0.15) is 0 Å². The van der Waals surface area contributed by atoms with Gasteiger partial charge < -0.3 is 45.8 Å². The van der Waals surface area contributed by atoms with Gasteiger partial charge in [0.15, 0.2) is 0 Å². The summed E-state index contributed by atoms with van der Waals surface area (Å²) in [4.78, 5) is 38.1. The van der Waals surface area contributed by atoms with Crippen LogP contribution in [0.5, 0.6) is 0 Å². The van der Waals surface area contributed by atoms with Gasteiger partial charge in [-0.05, 0) is 136 Å². The summed E-state index contributed by atoms with van der Waals surface area (Å²) in [6.07, 6.45) is 4.45. The molecule has 0 aromatic rings. The van der Waals surface area contributed by atoms with E-state index in [-0.39, 0.29) is 52.1 Å². The fraction of sp³-hybridized carbons (Fsp3) is 0.889. The number of carbonyl (C=O) groups is 3. The fourth-order valence-electron chi connectivity index (χ4n) is 14.6. The summed E-state index contributed by atoms with van der Waals surface area (Å²) in [7, 11) is 1.57. The Morgan fingerprint density at radius 3 is 1.93 bits per heavy atom. The molecule has 0 spiro atoms. The molecule has 16 atom stereocenters. The minimum atomic E-state index is -1.55. The van der Waals surface area contributed by atoms with Crippen LogP contribution >= 0.6 is 0 Å². The molecule has 0 heterocycles. The first-order valence-electron chi connectivity index (χ1n) is 21.6. The topological polar surface area (TPSA) is 214 Å². The van der Waals surface area contributed by atoms with E-state index in [4.69, 9.17) is 25.2 Å². The van der Waals surface area contributed by atoms with Crippen LogP contribution in [0.25, 0.3) is 0 Å². The molecule has 57 heavy (non-hydrogen) atoms. The highest BCUT2D eigenvalue weighted by Gasteiger charge is 2.72. The number of aliphatic hydroxyl groups excluding tert-OH is 5. The van der Waals surface area contributed by atoms with Gasteiger partial charge in [0, 0.05) is 12.0 Å². The van der Waals surface area contributed by atoms with E-state index >= 15 is 0 Å². The maximum atomic E-state index is 13.5. The third-order valence-corrected chi connectivity index (χ3v) is 18.3. The fourth-order valence-corrected chi connectivity index (χ4v) is 14.6. The van der Waals surface area contributed by atoms with Gasteiger partial charge in [0.25, 0.3) is 0 Å². The molecule has 326 valence electrons. The zero-order valence-electron chi connectivity index (χ0n) is 36.1. The normalized spacial score (nSPS) is 43.4. The Hall–Kier alpha value is -2.09. The second-order valence-electron chi connectivity index (χ2n) is 21.3. The molecule has 6 fully saturated rings. The molecule has 0 amide bonds. The number of nitrogens with one attached hydrogen (secondary N) is 1. The molecule has 12 nitrogen and oxygen atoms in total. The molecule has 0 aliphatic heterocycles. The number of likely N-dealkylation sites (N-methyl/N-ethyl adjacent to an activating group) is 1. The summed E-state index contributed by atoms with van der Waals surface area (Å²) in [5, 5.41) is 67.7. The Kier molecular flexibility index (Phi) is 13.0. The van der Waals surface area contributed by atoms with Gasteiger partial charge in [-0.3, -0.25) is 14.4 Å². The summed E-state index contributed by atoms with van der Waals surface area (Å²) in [5.74, 6) is -0.593. The minimum Gasteiger partial charge on any atom is -0.481 e. The lowest BCUT2D eigenvalue weighted by molar-refractivity contribution is -0.252. The molecule has 6 saturated carbocycles. The van der Waals surface area contributed by atoms with Gasteiger partial charge in [0.05, 0.1) is 30.0 Å². The van der Waals surface area contributed by atoms with E-state index in [0.717, 1.165) is 64.2 Å². The van der Waals surface area contributed by atoms with Crippen molar-refractivity contribution >= 4 is 17.9 Å². The molecule has 8 N–H and O–H groups in total. The predicted octanol–water partition coefficient (Wildman–Crippen LogP) is 5.03. The smallest absolute Gasteiger partial charge is 0.309 e. The van der Waals surface area contributed by atoms with Crippen LogP contribution in [-0.2, 0) is 19.1 Å². The number of fused-ring (bicyclic) bond motifs is 7. The molecule has 0 aromatic carbocycles. The van der Waals surface area contributed by atoms with Crippen LogP contribution in [-0.4, -0.2) is 104 Å². The number of esters is 1. The van der Waals surface area contributed by atoms with Crippen LogP contribution in [0.15, 0.2) is 12.2 Å². The number of carboxylic acid groups (broad SMARTS) is 2. The van der Waals surface area contributed by atoms with Crippen molar-refractivity contribution in [3.8, 4) is 0 Å². The maximum Gasteiger partial charge on any atom is 0.309 e. The largest absolute Gasteiger partial charge is 0.481 e. The first kappa shape index (κ1) is 46.0. The number of hydrogen-bond donors (Lipinski definition) is 8. The molecule has 12 heteroatoms. The number of aliphatic hydroxyl groups is 5. The lowest BCUT2D eigenvalue weighted by Crippen LogP contribution is -2.67. The third-order valence-electron chi connectivity index (χ3n) is 18.3. The van der Waals surface area contributed by atoms with Gasteiger partial charge in [-0.15, -0.1) is 0 Å². The van der Waals surface area contributed by atoms with E-state index in [9.17, 15) is 29.7 Å². The number of allylic oxidation sites excluding steroid dienone is 1. The number of rotatable bonds is 11. The van der Waals surface area contributed by atoms with E-state index in [1.165, 1.54) is 5.57 Å². The van der Waals surface area contributed by atoms with E-state index < -0.39 is 59.7 Å². The van der Waals surface area contributed by atoms with Crippen molar-refractivity contribution in [1.29, 1.82) is 0 Å². The lowest BCUT2D eigenvalue weighted by atomic mass is 9.32. The van der Waals surface area contributed by atoms with Gasteiger partial charge in [0.2, 0.25) is 0 Å². The number of hydrogen-bond acceptors (Lipinski definition) is 10. The van der Waals surface area contributed by atoms with Crippen LogP contribution in [0, 0.1) is 73.9 Å². The maximum absolute atomic E-state index is 13.5. The Labute approximate surface area is 340 Å². The highest BCUT2D eigenvalue weighted by atomic mass is 16.5. The van der Waals surface area contributed by atoms with Crippen molar-refractivity contribution < 1.29 is 54.9 Å². The van der Waals surface area contributed by atoms with Gasteiger partial charge in [-0.1, -0.05) is 60.6 Å². The summed E-state index contributed by atoms with van der Waals surface area (Å²) >= 11 is 0. The first-order chi connectivity index (χ1) is 26.3. The highest BCUT2D eigenvalue weighted by Crippen LogP contribution is 2.77. The van der Waals surface area contributed by atoms with Crippen molar-refractivity contribution in [2.24, 2.45) is 73.9 Å². The van der Waals surface area contributed by atoms with Crippen LogP contribution < -0.4 is 5.32 Å². The Balaban J connectivity index is 0.000000411. The predicted molar refractivity (Wildman–Crippen MR) is 215 cm³/mol. The molecule has 0 saturated heterocycles. The zero-order chi connectivity index (χ0) is 42.8. The van der Waals surface area contributed by atoms with Crippen LogP contribution in [0.3, 0.4) is 0 Å². The minimum absolute atomic E-state index is 0.0928. The quantitative estimate of drug-likeness (QED) is 0.102. The van der Waals surface area contributed by atoms with Crippen LogP contribution in [0.2, 0.25) is 0 Å². The average Bonchev–Trinajstić information content (AvgIpc) is 3.53. The summed E-state index contributed by atoms with van der Waals surface area (Å²) in [5.41, 5.74) is 0.166. The molecular weight excluding hydrogens is 730 g/mol. The number of aliphatic carboxylic acids is 2. The Bertz CT molecular complexity index is 1530. The molecule has 6 rings (SSSR count). The summed E-state index contributed by atoms with van der Waals surface area (Å²) in [6.45, 7) is 22.0.